The summed E-state index contributed by atoms with van der Waals surface area (Å²) >= 11 is 0. The van der Waals surface area contributed by atoms with Crippen molar-refractivity contribution in [3.8, 4) is 11.5 Å². The first-order chi connectivity index (χ1) is 24.9. The SMILES string of the molecule is COC(=O)CCCCCNC(=O)Cn1c2c(c3ccccc31)C[C@@]1(O)C3Cc4ccc(OCc5ccccc5)c5c4C1(CCN3CC1CC1)C2O5. The highest BCUT2D eigenvalue weighted by Gasteiger charge is 2.73. The van der Waals surface area contributed by atoms with Crippen LogP contribution in [0.4, 0.5) is 0 Å². The van der Waals surface area contributed by atoms with Gasteiger partial charge in [-0.2, -0.15) is 0 Å². The second-order valence-corrected chi connectivity index (χ2v) is 15.4. The Morgan fingerprint density at radius 2 is 1.84 bits per heavy atom. The lowest BCUT2D eigenvalue weighted by Crippen LogP contribution is -2.74. The summed E-state index contributed by atoms with van der Waals surface area (Å²) in [6.45, 7) is 3.06. The van der Waals surface area contributed by atoms with E-state index in [1.54, 1.807) is 0 Å². The Hall–Kier alpha value is -4.34. The summed E-state index contributed by atoms with van der Waals surface area (Å²) in [4.78, 5) is 27.7. The quantitative estimate of drug-likeness (QED) is 0.136. The summed E-state index contributed by atoms with van der Waals surface area (Å²) < 4.78 is 20.7. The van der Waals surface area contributed by atoms with Crippen molar-refractivity contribution >= 4 is 22.8 Å². The first-order valence-electron chi connectivity index (χ1n) is 18.8. The fraction of sp³-hybridized carbons (Fsp3) is 0.476. The zero-order valence-corrected chi connectivity index (χ0v) is 29.4. The molecule has 1 spiro atoms. The number of esters is 1. The van der Waals surface area contributed by atoms with Gasteiger partial charge in [-0.3, -0.25) is 14.5 Å². The molecule has 9 nitrogen and oxygen atoms in total. The lowest BCUT2D eigenvalue weighted by atomic mass is 9.49. The van der Waals surface area contributed by atoms with E-state index in [0.29, 0.717) is 31.7 Å². The van der Waals surface area contributed by atoms with Crippen LogP contribution >= 0.6 is 0 Å². The zero-order valence-electron chi connectivity index (χ0n) is 29.4. The molecule has 2 N–H and O–H groups in total. The van der Waals surface area contributed by atoms with E-state index in [2.05, 4.69) is 57.2 Å². The summed E-state index contributed by atoms with van der Waals surface area (Å²) in [5.74, 6) is 1.91. The molecule has 1 amide bonds. The Labute approximate surface area is 298 Å². The molecule has 9 rings (SSSR count). The van der Waals surface area contributed by atoms with Crippen molar-refractivity contribution in [3.05, 3.63) is 94.7 Å². The fourth-order valence-electron chi connectivity index (χ4n) is 9.91. The van der Waals surface area contributed by atoms with Crippen LogP contribution in [-0.4, -0.2) is 64.8 Å². The summed E-state index contributed by atoms with van der Waals surface area (Å²) in [7, 11) is 1.41. The fourth-order valence-corrected chi connectivity index (χ4v) is 9.91. The molecule has 266 valence electrons. The summed E-state index contributed by atoms with van der Waals surface area (Å²) in [6, 6.07) is 22.7. The zero-order chi connectivity index (χ0) is 34.7. The predicted octanol–water partition coefficient (Wildman–Crippen LogP) is 5.77. The molecule has 3 heterocycles. The summed E-state index contributed by atoms with van der Waals surface area (Å²) in [5.41, 5.74) is 4.80. The smallest absolute Gasteiger partial charge is 0.305 e. The van der Waals surface area contributed by atoms with E-state index in [-0.39, 0.29) is 24.5 Å². The Balaban J connectivity index is 1.09. The highest BCUT2D eigenvalue weighted by atomic mass is 16.5. The molecule has 4 aromatic rings. The Morgan fingerprint density at radius 1 is 1.02 bits per heavy atom. The minimum atomic E-state index is -1.05. The number of rotatable bonds is 13. The maximum absolute atomic E-state index is 13.6. The van der Waals surface area contributed by atoms with Gasteiger partial charge in [0, 0.05) is 48.4 Å². The van der Waals surface area contributed by atoms with Crippen LogP contribution in [0.1, 0.15) is 79.0 Å². The topological polar surface area (TPSA) is 102 Å². The van der Waals surface area contributed by atoms with Gasteiger partial charge in [-0.25, -0.2) is 0 Å². The number of methoxy groups -OCH3 is 1. The Kier molecular flexibility index (Phi) is 8.11. The molecule has 51 heavy (non-hydrogen) atoms. The monoisotopic (exact) mass is 689 g/mol. The number of fused-ring (bicyclic) bond motifs is 4. The maximum Gasteiger partial charge on any atom is 0.305 e. The van der Waals surface area contributed by atoms with Gasteiger partial charge in [0.15, 0.2) is 17.6 Å². The first-order valence-corrected chi connectivity index (χ1v) is 18.8. The van der Waals surface area contributed by atoms with E-state index in [0.717, 1.165) is 90.1 Å². The highest BCUT2D eigenvalue weighted by Crippen LogP contribution is 2.69. The number of carbonyl (C=O) groups excluding carboxylic acids is 2. The number of aliphatic hydroxyl groups is 1. The van der Waals surface area contributed by atoms with Gasteiger partial charge in [0.1, 0.15) is 13.2 Å². The molecule has 2 aliphatic heterocycles. The molecular formula is C42H47N3O6. The number of unbranched alkanes of at least 4 members (excludes halogenated alkanes) is 2. The highest BCUT2D eigenvalue weighted by molar-refractivity contribution is 5.89. The van der Waals surface area contributed by atoms with Gasteiger partial charge < -0.3 is 29.2 Å². The van der Waals surface area contributed by atoms with E-state index >= 15 is 0 Å². The van der Waals surface area contributed by atoms with E-state index in [1.165, 1.54) is 25.5 Å². The Morgan fingerprint density at radius 3 is 2.67 bits per heavy atom. The number of para-hydroxylation sites is 1. The minimum absolute atomic E-state index is 0.0229. The molecule has 1 saturated heterocycles. The molecule has 0 radical (unpaired) electrons. The number of benzene rings is 3. The average Bonchev–Trinajstić information content (AvgIpc) is 3.83. The predicted molar refractivity (Wildman–Crippen MR) is 193 cm³/mol. The lowest BCUT2D eigenvalue weighted by Gasteiger charge is -2.63. The van der Waals surface area contributed by atoms with Gasteiger partial charge in [0.05, 0.1) is 23.8 Å². The van der Waals surface area contributed by atoms with Crippen molar-refractivity contribution in [3.63, 3.8) is 0 Å². The third-order valence-corrected chi connectivity index (χ3v) is 12.5. The van der Waals surface area contributed by atoms with Crippen LogP contribution in [0.3, 0.4) is 0 Å². The molecule has 1 saturated carbocycles. The number of nitrogens with zero attached hydrogens (tertiary/aromatic N) is 2. The lowest BCUT2D eigenvalue weighted by molar-refractivity contribution is -0.173. The maximum atomic E-state index is 13.6. The molecule has 1 aromatic heterocycles. The van der Waals surface area contributed by atoms with Crippen molar-refractivity contribution in [2.24, 2.45) is 5.92 Å². The second-order valence-electron chi connectivity index (χ2n) is 15.4. The molecule has 3 unspecified atom stereocenters. The molecule has 2 bridgehead atoms. The van der Waals surface area contributed by atoms with Crippen molar-refractivity contribution in [1.82, 2.24) is 14.8 Å². The number of hydrogen-bond donors (Lipinski definition) is 2. The number of piperidine rings is 1. The molecule has 9 heteroatoms. The summed E-state index contributed by atoms with van der Waals surface area (Å²) in [5, 5.41) is 17.7. The third-order valence-electron chi connectivity index (χ3n) is 12.5. The van der Waals surface area contributed by atoms with Crippen LogP contribution < -0.4 is 14.8 Å². The normalized spacial score (nSPS) is 25.5. The van der Waals surface area contributed by atoms with Gasteiger partial charge in [-0.1, -0.05) is 61.0 Å². The molecule has 3 aromatic carbocycles. The molecule has 2 fully saturated rings. The molecule has 4 atom stereocenters. The number of ether oxygens (including phenoxy) is 3. The van der Waals surface area contributed by atoms with Gasteiger partial charge in [-0.05, 0) is 79.8 Å². The van der Waals surface area contributed by atoms with Crippen LogP contribution in [0, 0.1) is 5.92 Å². The standard InChI is InChI=1S/C42H47N3O6/c1-49-36(47)14-6-3-9-20-43-35(46)25-45-32-13-8-7-12-30(32)31-23-42(48)34-22-29-17-18-33(50-26-28-10-4-2-5-11-28)39-37(29)41(42,40(51-39)38(31)45)19-21-44(34)24-27-15-16-27/h2,4-5,7-8,10-13,17-18,27,34,40,48H,3,6,9,14-16,19-26H2,1H3,(H,43,46)/t34?,40?,41?,42-/m1/s1. The van der Waals surface area contributed by atoms with Crippen molar-refractivity contribution in [2.45, 2.75) is 94.1 Å². The van der Waals surface area contributed by atoms with E-state index < -0.39 is 17.1 Å². The number of amides is 1. The largest absolute Gasteiger partial charge is 0.485 e. The number of hydrogen-bond acceptors (Lipinski definition) is 7. The van der Waals surface area contributed by atoms with Gasteiger partial charge in [-0.15, -0.1) is 0 Å². The first kappa shape index (κ1) is 32.6. The van der Waals surface area contributed by atoms with Crippen molar-refractivity contribution in [1.29, 1.82) is 0 Å². The van der Waals surface area contributed by atoms with Crippen LogP contribution in [0.5, 0.6) is 11.5 Å². The molecule has 3 aliphatic carbocycles. The number of nitrogens with one attached hydrogen (secondary N) is 1. The van der Waals surface area contributed by atoms with Crippen molar-refractivity contribution < 1.29 is 28.9 Å². The average molecular weight is 690 g/mol. The van der Waals surface area contributed by atoms with E-state index in [4.69, 9.17) is 14.2 Å². The van der Waals surface area contributed by atoms with Gasteiger partial charge in [0.2, 0.25) is 5.91 Å². The number of carbonyl (C=O) groups is 2. The summed E-state index contributed by atoms with van der Waals surface area (Å²) in [6.07, 6.45) is 6.90. The number of aromatic nitrogens is 1. The van der Waals surface area contributed by atoms with Crippen LogP contribution in [0.25, 0.3) is 10.9 Å². The second kappa shape index (κ2) is 12.7. The van der Waals surface area contributed by atoms with Crippen molar-refractivity contribution in [2.75, 3.05) is 26.7 Å². The number of likely N-dealkylation sites (tertiary alicyclic amines) is 1. The minimum Gasteiger partial charge on any atom is -0.485 e. The van der Waals surface area contributed by atoms with Gasteiger partial charge in [0.25, 0.3) is 0 Å². The van der Waals surface area contributed by atoms with Gasteiger partial charge >= 0.3 is 5.97 Å². The third kappa shape index (κ3) is 5.26. The Bertz CT molecular complexity index is 1990. The molecule has 5 aliphatic rings. The van der Waals surface area contributed by atoms with Crippen LogP contribution in [0.2, 0.25) is 0 Å². The van der Waals surface area contributed by atoms with E-state index in [9.17, 15) is 14.7 Å². The van der Waals surface area contributed by atoms with Crippen LogP contribution in [0.15, 0.2) is 66.7 Å². The molecular weight excluding hydrogens is 642 g/mol. The van der Waals surface area contributed by atoms with E-state index in [1.807, 2.05) is 24.3 Å². The van der Waals surface area contributed by atoms with Crippen LogP contribution in [-0.2, 0) is 45.7 Å².